The topological polar surface area (TPSA) is 52.6 Å². The van der Waals surface area contributed by atoms with Gasteiger partial charge in [0, 0.05) is 0 Å². The third kappa shape index (κ3) is 25.2. The number of hydrogen-bond acceptors (Lipinski definition) is 4. The van der Waals surface area contributed by atoms with Crippen molar-refractivity contribution in [2.24, 2.45) is 76.3 Å². The molecule has 0 bridgehead atoms. The van der Waals surface area contributed by atoms with Crippen molar-refractivity contribution in [3.63, 3.8) is 0 Å². The Kier molecular flexibility index (Phi) is 41.5. The summed E-state index contributed by atoms with van der Waals surface area (Å²) in [5.41, 5.74) is 2.73. The predicted octanol–water partition coefficient (Wildman–Crippen LogP) is 33.0. The molecule has 0 heterocycles. The van der Waals surface area contributed by atoms with Crippen LogP contribution in [0.1, 0.15) is 467 Å². The molecular weight excluding hydrogens is 1250 g/mol. The van der Waals surface area contributed by atoms with Gasteiger partial charge >= 0.3 is 11.9 Å². The minimum Gasteiger partial charge on any atom is -0.462 e. The number of esters is 2. The highest BCUT2D eigenvalue weighted by Gasteiger charge is 2.60. The lowest BCUT2D eigenvalue weighted by molar-refractivity contribution is -0.164. The van der Waals surface area contributed by atoms with Crippen LogP contribution in [-0.4, -0.2) is 25.2 Å². The standard InChI is InChI=1S/C99H180O4/c1-29-59-81(30-2)68-96(70-88(32-4,33-5)34-6,71-89(35-7,36-8)37-9)78-97(79-98(72-90(38-10,39-11)40-12,73-91(41-13,42-14)43-15)74-92(44-16,45-17)46-18,80-99(75-93(47-19,48-20)49-21,76-94(50-22,51-23)52-24)77-95(53-25,54-26)55-27)69-87(28,31-3)86(101)103-67-66-102-85(100)84-64-62-83(63-65-84)82-60-57-56-58-61-82/h56-58,60-65,81H,29-55,59,66-80H2,1-28H3. The minimum absolute atomic E-state index is 0.0161. The van der Waals surface area contributed by atoms with E-state index < -0.39 is 5.41 Å². The van der Waals surface area contributed by atoms with Crippen molar-refractivity contribution in [3.8, 4) is 11.1 Å². The van der Waals surface area contributed by atoms with Crippen molar-refractivity contribution >= 4 is 11.9 Å². The molecule has 4 nitrogen and oxygen atoms in total. The maximum Gasteiger partial charge on any atom is 0.338 e. The summed E-state index contributed by atoms with van der Waals surface area (Å²) in [6, 6.07) is 18.1. The molecule has 103 heavy (non-hydrogen) atoms. The second-order valence-corrected chi connectivity index (χ2v) is 37.0. The zero-order valence-electron chi connectivity index (χ0n) is 74.8. The smallest absolute Gasteiger partial charge is 0.338 e. The van der Waals surface area contributed by atoms with E-state index in [1.807, 2.05) is 42.5 Å². The molecule has 4 heteroatoms. The summed E-state index contributed by atoms with van der Waals surface area (Å²) in [4.78, 5) is 30.9. The van der Waals surface area contributed by atoms with Crippen LogP contribution in [0.4, 0.5) is 0 Å². The van der Waals surface area contributed by atoms with Gasteiger partial charge in [0.25, 0.3) is 0 Å². The van der Waals surface area contributed by atoms with Gasteiger partial charge in [-0.2, -0.15) is 0 Å². The third-order valence-corrected chi connectivity index (χ3v) is 33.1. The minimum atomic E-state index is -0.846. The molecule has 600 valence electrons. The lowest BCUT2D eigenvalue weighted by Crippen LogP contribution is -2.52. The number of hydrogen-bond donors (Lipinski definition) is 0. The van der Waals surface area contributed by atoms with E-state index in [9.17, 15) is 4.79 Å². The lowest BCUT2D eigenvalue weighted by atomic mass is 9.43. The molecule has 0 amide bonds. The van der Waals surface area contributed by atoms with E-state index in [0.717, 1.165) is 36.8 Å². The normalized spacial score (nSPS) is 14.6. The van der Waals surface area contributed by atoms with Crippen LogP contribution in [0.2, 0.25) is 0 Å². The summed E-state index contributed by atoms with van der Waals surface area (Å²) in [6.07, 6.45) is 48.5. The van der Waals surface area contributed by atoms with Gasteiger partial charge < -0.3 is 9.47 Å². The van der Waals surface area contributed by atoms with Crippen molar-refractivity contribution in [3.05, 3.63) is 60.2 Å². The van der Waals surface area contributed by atoms with Crippen molar-refractivity contribution in [2.75, 3.05) is 13.2 Å². The van der Waals surface area contributed by atoms with E-state index >= 15 is 4.79 Å². The fourth-order valence-electron chi connectivity index (χ4n) is 23.9. The number of carbonyl (C=O) groups is 2. The summed E-state index contributed by atoms with van der Waals surface area (Å²) in [5.74, 6) is 0.143. The Balaban J connectivity index is 4.06. The van der Waals surface area contributed by atoms with Gasteiger partial charge in [-0.05, 0) is 191 Å². The molecule has 2 atom stereocenters. The predicted molar refractivity (Wildman–Crippen MR) is 456 cm³/mol. The average molecular weight is 1430 g/mol. The number of ether oxygens (including phenoxy) is 2. The van der Waals surface area contributed by atoms with Crippen LogP contribution in [0.15, 0.2) is 54.6 Å². The molecule has 0 aliphatic carbocycles. The first-order valence-corrected chi connectivity index (χ1v) is 45.4. The van der Waals surface area contributed by atoms with Crippen LogP contribution in [0.3, 0.4) is 0 Å². The maximum absolute atomic E-state index is 16.8. The monoisotopic (exact) mass is 1430 g/mol. The van der Waals surface area contributed by atoms with Gasteiger partial charge in [0.1, 0.15) is 13.2 Å². The maximum atomic E-state index is 16.8. The van der Waals surface area contributed by atoms with Crippen LogP contribution in [0.25, 0.3) is 11.1 Å². The van der Waals surface area contributed by atoms with Crippen molar-refractivity contribution in [2.45, 2.75) is 457 Å². The van der Waals surface area contributed by atoms with E-state index in [0.29, 0.717) is 17.9 Å². The van der Waals surface area contributed by atoms with E-state index in [1.54, 1.807) is 0 Å². The Hall–Kier alpha value is -2.62. The molecule has 0 spiro atoms. The zero-order chi connectivity index (χ0) is 78.1. The first kappa shape index (κ1) is 96.5. The van der Waals surface area contributed by atoms with Gasteiger partial charge in [-0.1, -0.05) is 403 Å². The molecule has 0 saturated carbocycles. The van der Waals surface area contributed by atoms with Gasteiger partial charge in [-0.15, -0.1) is 0 Å². The summed E-state index contributed by atoms with van der Waals surface area (Å²) >= 11 is 0. The molecule has 0 radical (unpaired) electrons. The molecule has 0 fully saturated rings. The Labute approximate surface area is 645 Å². The molecule has 0 aliphatic rings. The molecule has 2 aromatic rings. The fourth-order valence-corrected chi connectivity index (χ4v) is 23.9. The molecular formula is C99H180O4. The first-order valence-electron chi connectivity index (χ1n) is 45.4. The third-order valence-electron chi connectivity index (χ3n) is 33.1. The van der Waals surface area contributed by atoms with Crippen LogP contribution in [-0.2, 0) is 14.3 Å². The van der Waals surface area contributed by atoms with Crippen molar-refractivity contribution < 1.29 is 19.1 Å². The lowest BCUT2D eigenvalue weighted by Gasteiger charge is -2.62. The van der Waals surface area contributed by atoms with Crippen LogP contribution in [0, 0.1) is 76.3 Å². The van der Waals surface area contributed by atoms with E-state index in [-0.39, 0.29) is 90.1 Å². The molecule has 2 rings (SSSR count). The van der Waals surface area contributed by atoms with E-state index in [4.69, 9.17) is 9.47 Å². The molecule has 0 aromatic heterocycles. The molecule has 2 unspecified atom stereocenters. The Bertz CT molecular complexity index is 2290. The van der Waals surface area contributed by atoms with Crippen LogP contribution < -0.4 is 0 Å². The van der Waals surface area contributed by atoms with Crippen LogP contribution >= 0.6 is 0 Å². The highest BCUT2D eigenvalue weighted by atomic mass is 16.6. The number of rotatable bonds is 60. The van der Waals surface area contributed by atoms with Gasteiger partial charge in [0.15, 0.2) is 0 Å². The second kappa shape index (κ2) is 44.3. The van der Waals surface area contributed by atoms with Gasteiger partial charge in [-0.25, -0.2) is 4.79 Å². The second-order valence-electron chi connectivity index (χ2n) is 37.0. The number of benzene rings is 2. The molecule has 0 N–H and O–H groups in total. The van der Waals surface area contributed by atoms with E-state index in [1.165, 1.54) is 231 Å². The molecule has 2 aromatic carbocycles. The first-order chi connectivity index (χ1) is 48.9. The fraction of sp³-hybridized carbons (Fsp3) is 0.859. The summed E-state index contributed by atoms with van der Waals surface area (Å²) in [7, 11) is 0. The molecule has 0 saturated heterocycles. The Morgan fingerprint density at radius 3 is 0.786 bits per heavy atom. The van der Waals surface area contributed by atoms with E-state index in [2.05, 4.69) is 206 Å². The summed E-state index contributed by atoms with van der Waals surface area (Å²) in [5, 5.41) is 0. The highest BCUT2D eigenvalue weighted by Crippen LogP contribution is 2.71. The largest absolute Gasteiger partial charge is 0.462 e. The Morgan fingerprint density at radius 2 is 0.524 bits per heavy atom. The van der Waals surface area contributed by atoms with Crippen molar-refractivity contribution in [1.29, 1.82) is 0 Å². The average Bonchev–Trinajstić information content (AvgIpc) is 0.728. The summed E-state index contributed by atoms with van der Waals surface area (Å²) in [6.45, 7) is 71.9. The van der Waals surface area contributed by atoms with Gasteiger partial charge in [0.2, 0.25) is 0 Å². The van der Waals surface area contributed by atoms with Crippen LogP contribution in [0.5, 0.6) is 0 Å². The number of carbonyl (C=O) groups excluding carboxylic acids is 2. The quantitative estimate of drug-likeness (QED) is 0.0489. The highest BCUT2D eigenvalue weighted by molar-refractivity contribution is 5.90. The molecule has 0 aliphatic heterocycles. The zero-order valence-corrected chi connectivity index (χ0v) is 74.8. The van der Waals surface area contributed by atoms with Gasteiger partial charge in [0.05, 0.1) is 11.0 Å². The summed E-state index contributed by atoms with van der Waals surface area (Å²) < 4.78 is 13.1. The van der Waals surface area contributed by atoms with Crippen molar-refractivity contribution in [1.82, 2.24) is 0 Å². The SMILES string of the molecule is CCCC(CC)CC(CC(CC)(CC)CC)(CC(CC)(CC)CC)CC(CC(CC(CC)(CC)CC)(CC(CC)(CC)CC)CC(CC)(CC)CC)(CC(CC(CC)(CC)CC)(CC(CC)(CC)CC)CC(CC)(CC)CC)CC(C)(CC)C(=O)OCCOC(=O)c1ccc(-c2ccccc2)cc1. The van der Waals surface area contributed by atoms with Gasteiger partial charge in [-0.3, -0.25) is 4.79 Å². The Morgan fingerprint density at radius 1 is 0.282 bits per heavy atom.